The quantitative estimate of drug-likeness (QED) is 0.740. The molecule has 0 spiro atoms. The predicted octanol–water partition coefficient (Wildman–Crippen LogP) is 2.37. The van der Waals surface area contributed by atoms with Crippen LogP contribution in [0.5, 0.6) is 0 Å². The molecule has 0 aromatic heterocycles. The van der Waals surface area contributed by atoms with E-state index < -0.39 is 5.97 Å². The number of aryl methyl sites for hydroxylation is 1. The third-order valence-electron chi connectivity index (χ3n) is 2.87. The SMILES string of the molecule is Cc1ccc2c(c1)[C@H](C(=O)O)C[C@H](C)N2. The first-order valence-corrected chi connectivity index (χ1v) is 5.18. The van der Waals surface area contributed by atoms with Crippen LogP contribution in [0.2, 0.25) is 0 Å². The molecule has 0 saturated carbocycles. The molecule has 3 nitrogen and oxygen atoms in total. The number of rotatable bonds is 1. The van der Waals surface area contributed by atoms with E-state index in [-0.39, 0.29) is 12.0 Å². The van der Waals surface area contributed by atoms with Gasteiger partial charge >= 0.3 is 5.97 Å². The number of hydrogen-bond acceptors (Lipinski definition) is 2. The Balaban J connectivity index is 2.47. The van der Waals surface area contributed by atoms with Gasteiger partial charge in [0.2, 0.25) is 0 Å². The number of fused-ring (bicyclic) bond motifs is 1. The van der Waals surface area contributed by atoms with Gasteiger partial charge in [0, 0.05) is 11.7 Å². The highest BCUT2D eigenvalue weighted by molar-refractivity contribution is 5.80. The van der Waals surface area contributed by atoms with E-state index in [0.29, 0.717) is 6.42 Å². The molecule has 0 saturated heterocycles. The van der Waals surface area contributed by atoms with E-state index in [0.717, 1.165) is 16.8 Å². The molecule has 0 aliphatic carbocycles. The van der Waals surface area contributed by atoms with Gasteiger partial charge in [0.1, 0.15) is 0 Å². The number of aliphatic carboxylic acids is 1. The Morgan fingerprint density at radius 1 is 1.53 bits per heavy atom. The number of carboxylic acid groups (broad SMARTS) is 1. The summed E-state index contributed by atoms with van der Waals surface area (Å²) in [7, 11) is 0. The van der Waals surface area contributed by atoms with E-state index in [1.165, 1.54) is 0 Å². The monoisotopic (exact) mass is 205 g/mol. The Kier molecular flexibility index (Phi) is 2.39. The summed E-state index contributed by atoms with van der Waals surface area (Å²) >= 11 is 0. The van der Waals surface area contributed by atoms with Crippen molar-refractivity contribution in [3.63, 3.8) is 0 Å². The highest BCUT2D eigenvalue weighted by atomic mass is 16.4. The molecule has 2 N–H and O–H groups in total. The summed E-state index contributed by atoms with van der Waals surface area (Å²) in [5.74, 6) is -1.09. The summed E-state index contributed by atoms with van der Waals surface area (Å²) in [6.07, 6.45) is 0.659. The lowest BCUT2D eigenvalue weighted by Crippen LogP contribution is -2.29. The molecule has 1 heterocycles. The van der Waals surface area contributed by atoms with Gasteiger partial charge in [-0.2, -0.15) is 0 Å². The van der Waals surface area contributed by atoms with Crippen molar-refractivity contribution >= 4 is 11.7 Å². The van der Waals surface area contributed by atoms with Crippen LogP contribution in [0.15, 0.2) is 18.2 Å². The fraction of sp³-hybridized carbons (Fsp3) is 0.417. The molecule has 3 heteroatoms. The minimum atomic E-state index is -0.727. The van der Waals surface area contributed by atoms with Gasteiger partial charge < -0.3 is 10.4 Å². The molecule has 0 radical (unpaired) electrons. The van der Waals surface area contributed by atoms with Crippen molar-refractivity contribution in [2.75, 3.05) is 5.32 Å². The van der Waals surface area contributed by atoms with Gasteiger partial charge in [0.25, 0.3) is 0 Å². The number of benzene rings is 1. The number of anilines is 1. The lowest BCUT2D eigenvalue weighted by atomic mass is 9.87. The summed E-state index contributed by atoms with van der Waals surface area (Å²) in [4.78, 5) is 11.1. The fourth-order valence-electron chi connectivity index (χ4n) is 2.14. The van der Waals surface area contributed by atoms with Gasteiger partial charge in [-0.15, -0.1) is 0 Å². The van der Waals surface area contributed by atoms with Crippen molar-refractivity contribution in [3.05, 3.63) is 29.3 Å². The zero-order valence-corrected chi connectivity index (χ0v) is 8.95. The summed E-state index contributed by atoms with van der Waals surface area (Å²) in [5.41, 5.74) is 2.99. The third-order valence-corrected chi connectivity index (χ3v) is 2.87. The summed E-state index contributed by atoms with van der Waals surface area (Å²) < 4.78 is 0. The zero-order valence-electron chi connectivity index (χ0n) is 8.95. The topological polar surface area (TPSA) is 49.3 Å². The second-order valence-corrected chi connectivity index (χ2v) is 4.26. The lowest BCUT2D eigenvalue weighted by molar-refractivity contribution is -0.139. The molecule has 1 aromatic carbocycles. The average Bonchev–Trinajstić information content (AvgIpc) is 2.17. The fourth-order valence-corrected chi connectivity index (χ4v) is 2.14. The Labute approximate surface area is 89.1 Å². The maximum absolute atomic E-state index is 11.1. The van der Waals surface area contributed by atoms with Crippen molar-refractivity contribution in [1.82, 2.24) is 0 Å². The molecule has 1 aromatic rings. The van der Waals surface area contributed by atoms with Gasteiger partial charge in [0.15, 0.2) is 0 Å². The van der Waals surface area contributed by atoms with Crippen molar-refractivity contribution in [2.45, 2.75) is 32.2 Å². The molecule has 0 fully saturated rings. The summed E-state index contributed by atoms with van der Waals surface area (Å²) in [6.45, 7) is 4.00. The summed E-state index contributed by atoms with van der Waals surface area (Å²) in [6, 6.07) is 6.16. The molecule has 2 rings (SSSR count). The molecule has 15 heavy (non-hydrogen) atoms. The highest BCUT2D eigenvalue weighted by Crippen LogP contribution is 2.34. The Morgan fingerprint density at radius 2 is 2.27 bits per heavy atom. The van der Waals surface area contributed by atoms with Crippen molar-refractivity contribution in [1.29, 1.82) is 0 Å². The molecule has 1 aliphatic heterocycles. The Morgan fingerprint density at radius 3 is 2.93 bits per heavy atom. The minimum absolute atomic E-state index is 0.223. The highest BCUT2D eigenvalue weighted by Gasteiger charge is 2.29. The summed E-state index contributed by atoms with van der Waals surface area (Å²) in [5, 5.41) is 12.5. The Bertz CT molecular complexity index is 401. The first kappa shape index (κ1) is 10.0. The standard InChI is InChI=1S/C12H15NO2/c1-7-3-4-11-9(5-7)10(12(14)15)6-8(2)13-11/h3-5,8,10,13H,6H2,1-2H3,(H,14,15)/t8-,10+/m0/s1. The van der Waals surface area contributed by atoms with Crippen LogP contribution in [0.1, 0.15) is 30.4 Å². The van der Waals surface area contributed by atoms with Gasteiger partial charge in [-0.25, -0.2) is 0 Å². The molecule has 0 unspecified atom stereocenters. The van der Waals surface area contributed by atoms with Crippen LogP contribution >= 0.6 is 0 Å². The number of hydrogen-bond donors (Lipinski definition) is 2. The van der Waals surface area contributed by atoms with Crippen molar-refractivity contribution in [3.8, 4) is 0 Å². The second kappa shape index (κ2) is 3.57. The maximum Gasteiger partial charge on any atom is 0.311 e. The molecule has 2 atom stereocenters. The van der Waals surface area contributed by atoms with Crippen LogP contribution in [0.4, 0.5) is 5.69 Å². The van der Waals surface area contributed by atoms with Gasteiger partial charge in [-0.1, -0.05) is 17.7 Å². The van der Waals surface area contributed by atoms with Crippen molar-refractivity contribution < 1.29 is 9.90 Å². The molecule has 1 aliphatic rings. The second-order valence-electron chi connectivity index (χ2n) is 4.26. The molecular formula is C12H15NO2. The normalized spacial score (nSPS) is 24.1. The Hall–Kier alpha value is -1.51. The van der Waals surface area contributed by atoms with Crippen LogP contribution in [0.3, 0.4) is 0 Å². The van der Waals surface area contributed by atoms with Gasteiger partial charge in [-0.3, -0.25) is 4.79 Å². The van der Waals surface area contributed by atoms with Crippen molar-refractivity contribution in [2.24, 2.45) is 0 Å². The van der Waals surface area contributed by atoms with Gasteiger partial charge in [0.05, 0.1) is 5.92 Å². The van der Waals surface area contributed by atoms with Crippen LogP contribution in [0, 0.1) is 6.92 Å². The van der Waals surface area contributed by atoms with E-state index in [1.54, 1.807) is 0 Å². The van der Waals surface area contributed by atoms with E-state index in [1.807, 2.05) is 32.0 Å². The van der Waals surface area contributed by atoms with E-state index in [4.69, 9.17) is 5.11 Å². The third kappa shape index (κ3) is 1.82. The number of nitrogens with one attached hydrogen (secondary N) is 1. The molecule has 80 valence electrons. The number of carboxylic acids is 1. The zero-order chi connectivity index (χ0) is 11.0. The lowest BCUT2D eigenvalue weighted by Gasteiger charge is -2.29. The van der Waals surface area contributed by atoms with E-state index in [2.05, 4.69) is 5.32 Å². The molecular weight excluding hydrogens is 190 g/mol. The molecule has 0 bridgehead atoms. The van der Waals surface area contributed by atoms with Crippen LogP contribution < -0.4 is 5.32 Å². The first-order valence-electron chi connectivity index (χ1n) is 5.18. The smallest absolute Gasteiger partial charge is 0.311 e. The van der Waals surface area contributed by atoms with E-state index in [9.17, 15) is 4.79 Å². The van der Waals surface area contributed by atoms with E-state index >= 15 is 0 Å². The maximum atomic E-state index is 11.1. The largest absolute Gasteiger partial charge is 0.481 e. The van der Waals surface area contributed by atoms with Crippen LogP contribution in [-0.2, 0) is 4.79 Å². The first-order chi connectivity index (χ1) is 7.08. The minimum Gasteiger partial charge on any atom is -0.481 e. The van der Waals surface area contributed by atoms with Gasteiger partial charge in [-0.05, 0) is 31.9 Å². The van der Waals surface area contributed by atoms with Crippen LogP contribution in [0.25, 0.3) is 0 Å². The average molecular weight is 205 g/mol. The number of carbonyl (C=O) groups is 1. The predicted molar refractivity (Wildman–Crippen MR) is 59.3 cm³/mol. The van der Waals surface area contributed by atoms with Crippen LogP contribution in [-0.4, -0.2) is 17.1 Å². The molecule has 0 amide bonds.